The number of nitrogens with one attached hydrogen (secondary N) is 4. The monoisotopic (exact) mass is 883 g/mol. The topological polar surface area (TPSA) is 105 Å². The summed E-state index contributed by atoms with van der Waals surface area (Å²) < 4.78 is 0. The number of hydrogen-bond acceptors (Lipinski definition) is 7. The smallest absolute Gasteiger partial charge is 0.137 e. The summed E-state index contributed by atoms with van der Waals surface area (Å²) in [5, 5.41) is 10.2. The highest BCUT2D eigenvalue weighted by molar-refractivity contribution is 5.86. The summed E-state index contributed by atoms with van der Waals surface area (Å²) in [6.45, 7) is 10.4. The van der Waals surface area contributed by atoms with Gasteiger partial charge in [0.25, 0.3) is 0 Å². The highest BCUT2D eigenvalue weighted by Crippen LogP contribution is 2.46. The number of pyridine rings is 2. The summed E-state index contributed by atoms with van der Waals surface area (Å²) in [5.41, 5.74) is 18.2. The summed E-state index contributed by atoms with van der Waals surface area (Å²) in [6, 6.07) is 15.4. The lowest BCUT2D eigenvalue weighted by atomic mass is 9.71. The Morgan fingerprint density at radius 2 is 1.05 bits per heavy atom. The number of aromatic amines is 2. The van der Waals surface area contributed by atoms with Crippen LogP contribution in [0.1, 0.15) is 159 Å². The highest BCUT2D eigenvalue weighted by Gasteiger charge is 2.46. The van der Waals surface area contributed by atoms with Gasteiger partial charge in [0.1, 0.15) is 17.1 Å². The van der Waals surface area contributed by atoms with Crippen molar-refractivity contribution < 1.29 is 4.79 Å². The maximum Gasteiger partial charge on any atom is 0.137 e. The van der Waals surface area contributed by atoms with E-state index in [1.165, 1.54) is 142 Å². The summed E-state index contributed by atoms with van der Waals surface area (Å²) in [4.78, 5) is 37.2. The minimum absolute atomic E-state index is 0.0638. The van der Waals surface area contributed by atoms with Crippen molar-refractivity contribution in [1.29, 1.82) is 0 Å². The number of rotatable bonds is 10. The van der Waals surface area contributed by atoms with E-state index >= 15 is 4.79 Å². The summed E-state index contributed by atoms with van der Waals surface area (Å²) in [5.74, 6) is 0.516. The summed E-state index contributed by atoms with van der Waals surface area (Å²) in [6.07, 6.45) is 28.5. The number of aryl methyl sites for hydroxylation is 2. The van der Waals surface area contributed by atoms with Crippen LogP contribution in [0.25, 0.3) is 44.3 Å². The number of benzene rings is 2. The van der Waals surface area contributed by atoms with E-state index in [0.717, 1.165) is 89.1 Å². The maximum absolute atomic E-state index is 15.2. The third-order valence-corrected chi connectivity index (χ3v) is 17.7. The molecule has 8 heterocycles. The number of H-pyrrole nitrogens is 2. The number of aromatic nitrogens is 4. The van der Waals surface area contributed by atoms with Gasteiger partial charge in [-0.2, -0.15) is 0 Å². The molecule has 4 N–H and O–H groups in total. The number of ketones is 1. The van der Waals surface area contributed by atoms with Gasteiger partial charge in [0.05, 0.1) is 0 Å². The zero-order chi connectivity index (χ0) is 44.4. The van der Waals surface area contributed by atoms with Crippen LogP contribution in [-0.2, 0) is 30.7 Å². The molecule has 12 rings (SSSR count). The molecule has 4 aromatic heterocycles. The third-order valence-electron chi connectivity index (χ3n) is 17.7. The van der Waals surface area contributed by atoms with Crippen molar-refractivity contribution in [3.8, 4) is 22.3 Å². The molecule has 0 amide bonds. The zero-order valence-electron chi connectivity index (χ0n) is 39.6. The van der Waals surface area contributed by atoms with Gasteiger partial charge in [0.2, 0.25) is 0 Å². The van der Waals surface area contributed by atoms with E-state index in [1.54, 1.807) is 0 Å². The van der Waals surface area contributed by atoms with Crippen LogP contribution in [0.4, 0.5) is 0 Å². The lowest BCUT2D eigenvalue weighted by Gasteiger charge is -2.51. The molecule has 66 heavy (non-hydrogen) atoms. The van der Waals surface area contributed by atoms with Gasteiger partial charge in [-0.3, -0.25) is 14.6 Å². The predicted octanol–water partition coefficient (Wildman–Crippen LogP) is 11.4. The first-order valence-electron chi connectivity index (χ1n) is 26.0. The van der Waals surface area contributed by atoms with E-state index in [9.17, 15) is 0 Å². The first-order chi connectivity index (χ1) is 32.3. The van der Waals surface area contributed by atoms with Gasteiger partial charge in [0, 0.05) is 109 Å². The number of carbonyl (C=O) groups is 1. The lowest BCUT2D eigenvalue weighted by molar-refractivity contribution is -0.127. The van der Waals surface area contributed by atoms with Gasteiger partial charge in [-0.25, -0.2) is 9.97 Å². The molecule has 0 spiro atoms. The van der Waals surface area contributed by atoms with Gasteiger partial charge in [-0.1, -0.05) is 50.7 Å². The molecule has 4 aliphatic heterocycles. The van der Waals surface area contributed by atoms with Crippen LogP contribution in [0.3, 0.4) is 0 Å². The molecule has 4 fully saturated rings. The second-order valence-corrected chi connectivity index (χ2v) is 21.7. The highest BCUT2D eigenvalue weighted by atomic mass is 16.1. The molecule has 9 heteroatoms. The summed E-state index contributed by atoms with van der Waals surface area (Å²) >= 11 is 0. The number of hydrogen-bond donors (Lipinski definition) is 4. The van der Waals surface area contributed by atoms with Crippen LogP contribution < -0.4 is 10.6 Å². The van der Waals surface area contributed by atoms with Crippen LogP contribution in [0, 0.1) is 13.8 Å². The molecule has 6 aliphatic rings. The Labute approximate surface area is 391 Å². The molecule has 2 aliphatic carbocycles. The molecule has 2 atom stereocenters. The van der Waals surface area contributed by atoms with Crippen LogP contribution in [0.2, 0.25) is 0 Å². The Bertz CT molecular complexity index is 2590. The van der Waals surface area contributed by atoms with Crippen molar-refractivity contribution in [3.05, 3.63) is 106 Å². The normalized spacial score (nSPS) is 23.4. The number of carbonyl (C=O) groups excluding carboxylic acids is 1. The molecule has 2 saturated heterocycles. The Morgan fingerprint density at radius 3 is 1.47 bits per heavy atom. The maximum atomic E-state index is 15.2. The molecule has 2 saturated carbocycles. The fourth-order valence-electron chi connectivity index (χ4n) is 14.1. The zero-order valence-corrected chi connectivity index (χ0v) is 39.6. The molecule has 2 aromatic carbocycles. The van der Waals surface area contributed by atoms with Gasteiger partial charge in [-0.05, 0) is 171 Å². The largest absolute Gasteiger partial charge is 0.346 e. The Balaban J connectivity index is 0.824. The van der Waals surface area contributed by atoms with Crippen molar-refractivity contribution in [2.24, 2.45) is 0 Å². The number of Topliss-reactive ketones (excluding diaryl/α,β-unsaturated/α-hetero) is 1. The SMILES string of the molecule is Cc1c[nH]c2ncc(-c3cc4c(c([C@@H]5CCCN5)c3)CN(C3(CC(=O)CC5(N6CCc7cc(-c8cnc9[nH]cc(C)c9c8)cc([C@@H]8CCCN8)c7C6)CCCCC5)CCCCC3)CC4)cc12. The standard InChI is InChI=1S/C57H70N8O/c1-37-31-60-54-46(37)27-43(33-62-54)41-23-39-13-21-64(35-50(39)48(25-41)52-11-9-19-58-52)56(15-5-3-6-16-56)29-45(66)30-57(17-7-4-8-18-57)65-22-14-40-24-42(26-49(51(40)36-65)53-12-10-20-59-53)44-28-47-38(2)32-61-55(47)63-34-44/h23-28,31-34,52-53,58-59H,3-22,29-30,35-36H2,1-2H3,(H,60,62)(H,61,63)/t52-,53-/m0/s1. The van der Waals surface area contributed by atoms with Crippen LogP contribution in [0.5, 0.6) is 0 Å². The van der Waals surface area contributed by atoms with Crippen LogP contribution >= 0.6 is 0 Å². The minimum Gasteiger partial charge on any atom is -0.346 e. The Morgan fingerprint density at radius 1 is 0.591 bits per heavy atom. The van der Waals surface area contributed by atoms with Crippen molar-refractivity contribution in [2.75, 3.05) is 26.2 Å². The quantitative estimate of drug-likeness (QED) is 0.109. The van der Waals surface area contributed by atoms with Crippen molar-refractivity contribution in [3.63, 3.8) is 0 Å². The molecular formula is C57H70N8O. The van der Waals surface area contributed by atoms with Crippen molar-refractivity contribution in [1.82, 2.24) is 40.4 Å². The molecule has 344 valence electrons. The second kappa shape index (κ2) is 17.4. The van der Waals surface area contributed by atoms with Crippen LogP contribution in [-0.4, -0.2) is 72.8 Å². The average molecular weight is 883 g/mol. The molecule has 6 aromatic rings. The van der Waals surface area contributed by atoms with Crippen molar-refractivity contribution >= 4 is 27.9 Å². The predicted molar refractivity (Wildman–Crippen MR) is 267 cm³/mol. The molecule has 9 nitrogen and oxygen atoms in total. The van der Waals surface area contributed by atoms with E-state index in [-0.39, 0.29) is 11.1 Å². The number of fused-ring (bicyclic) bond motifs is 4. The van der Waals surface area contributed by atoms with E-state index in [0.29, 0.717) is 30.7 Å². The molecular weight excluding hydrogens is 813 g/mol. The lowest BCUT2D eigenvalue weighted by Crippen LogP contribution is -2.56. The first kappa shape index (κ1) is 42.7. The number of nitrogens with zero attached hydrogens (tertiary/aromatic N) is 4. The van der Waals surface area contributed by atoms with E-state index in [2.05, 4.69) is 105 Å². The van der Waals surface area contributed by atoms with Gasteiger partial charge < -0.3 is 20.6 Å². The minimum atomic E-state index is -0.0638. The van der Waals surface area contributed by atoms with Crippen molar-refractivity contribution in [2.45, 2.75) is 166 Å². The van der Waals surface area contributed by atoms with Gasteiger partial charge >= 0.3 is 0 Å². The Hall–Kier alpha value is -4.67. The first-order valence-corrected chi connectivity index (χ1v) is 26.0. The van der Waals surface area contributed by atoms with E-state index in [4.69, 9.17) is 9.97 Å². The summed E-state index contributed by atoms with van der Waals surface area (Å²) in [7, 11) is 0. The molecule has 0 bridgehead atoms. The van der Waals surface area contributed by atoms with Crippen LogP contribution in [0.15, 0.2) is 61.2 Å². The molecule has 0 radical (unpaired) electrons. The molecule has 0 unspecified atom stereocenters. The van der Waals surface area contributed by atoms with Gasteiger partial charge in [0.15, 0.2) is 0 Å². The van der Waals surface area contributed by atoms with E-state index < -0.39 is 0 Å². The van der Waals surface area contributed by atoms with Gasteiger partial charge in [-0.15, -0.1) is 0 Å². The second-order valence-electron chi connectivity index (χ2n) is 21.7. The Kier molecular flexibility index (Phi) is 11.3. The third kappa shape index (κ3) is 7.76. The van der Waals surface area contributed by atoms with E-state index in [1.807, 2.05) is 0 Å². The average Bonchev–Trinajstić information content (AvgIpc) is 4.21. The fourth-order valence-corrected chi connectivity index (χ4v) is 14.1. The fraction of sp³-hybridized carbons (Fsp3) is 0.526.